The second kappa shape index (κ2) is 8.31. The first-order chi connectivity index (χ1) is 15.7. The Kier molecular flexibility index (Phi) is 5.05. The van der Waals surface area contributed by atoms with Gasteiger partial charge in [-0.1, -0.05) is 48.5 Å². The molecule has 0 fully saturated rings. The number of ether oxygens (including phenoxy) is 1. The van der Waals surface area contributed by atoms with Crippen molar-refractivity contribution in [2.24, 2.45) is 10.2 Å². The number of methoxy groups -OCH3 is 1. The van der Waals surface area contributed by atoms with Gasteiger partial charge in [-0.25, -0.2) is 9.50 Å². The minimum absolute atomic E-state index is 0.265. The van der Waals surface area contributed by atoms with Crippen LogP contribution in [0.4, 0.5) is 17.2 Å². The molecule has 7 heteroatoms. The fraction of sp³-hybridized carbons (Fsp3) is 0.0400. The summed E-state index contributed by atoms with van der Waals surface area (Å²) in [7, 11) is 1.64. The molecule has 5 aromatic rings. The normalized spacial score (nSPS) is 11.3. The predicted molar refractivity (Wildman–Crippen MR) is 125 cm³/mol. The second-order valence-corrected chi connectivity index (χ2v) is 7.13. The lowest BCUT2D eigenvalue weighted by Gasteiger charge is -2.09. The quantitative estimate of drug-likeness (QED) is 0.349. The van der Waals surface area contributed by atoms with Gasteiger partial charge in [0, 0.05) is 11.1 Å². The molecule has 0 atom stereocenters. The number of hydrogen-bond donors (Lipinski definition) is 1. The number of nitrogens with zero attached hydrogens (tertiary/aromatic N) is 5. The molecule has 0 spiro atoms. The van der Waals surface area contributed by atoms with Gasteiger partial charge in [0.25, 0.3) is 0 Å². The van der Waals surface area contributed by atoms with E-state index in [1.54, 1.807) is 11.6 Å². The van der Waals surface area contributed by atoms with Crippen molar-refractivity contribution < 1.29 is 4.74 Å². The van der Waals surface area contributed by atoms with Gasteiger partial charge in [-0.2, -0.15) is 5.11 Å². The van der Waals surface area contributed by atoms with E-state index in [1.807, 2.05) is 91.0 Å². The standard InChI is InChI=1S/C25H20N6O/c1-32-20-14-12-17(13-15-20)21-16-22(18-8-4-2-5-9-18)31-25(27-21)23(24(26)30-31)29-28-19-10-6-3-7-11-19/h2-16H,1H3,(H2,26,30). The maximum Gasteiger partial charge on any atom is 0.186 e. The van der Waals surface area contributed by atoms with Gasteiger partial charge >= 0.3 is 0 Å². The Hall–Kier alpha value is -4.52. The molecular weight excluding hydrogens is 400 g/mol. The monoisotopic (exact) mass is 420 g/mol. The smallest absolute Gasteiger partial charge is 0.186 e. The average Bonchev–Trinajstić information content (AvgIpc) is 3.18. The predicted octanol–water partition coefficient (Wildman–Crippen LogP) is 6.07. The summed E-state index contributed by atoms with van der Waals surface area (Å²) >= 11 is 0. The largest absolute Gasteiger partial charge is 0.497 e. The van der Waals surface area contributed by atoms with Crippen molar-refractivity contribution in [2.75, 3.05) is 12.8 Å². The molecule has 0 aliphatic carbocycles. The molecule has 156 valence electrons. The molecule has 7 nitrogen and oxygen atoms in total. The Labute approximate surface area is 184 Å². The van der Waals surface area contributed by atoms with Crippen LogP contribution >= 0.6 is 0 Å². The van der Waals surface area contributed by atoms with Crippen molar-refractivity contribution in [3.8, 4) is 28.3 Å². The first-order valence-electron chi connectivity index (χ1n) is 10.1. The first-order valence-corrected chi connectivity index (χ1v) is 10.1. The number of nitrogen functional groups attached to an aromatic ring is 1. The summed E-state index contributed by atoms with van der Waals surface area (Å²) in [5.41, 5.74) is 11.5. The van der Waals surface area contributed by atoms with Crippen LogP contribution in [-0.2, 0) is 0 Å². The van der Waals surface area contributed by atoms with E-state index < -0.39 is 0 Å². The third-order valence-corrected chi connectivity index (χ3v) is 5.07. The van der Waals surface area contributed by atoms with Crippen LogP contribution in [0.15, 0.2) is 101 Å². The number of benzene rings is 3. The van der Waals surface area contributed by atoms with Gasteiger partial charge in [0.2, 0.25) is 0 Å². The zero-order valence-corrected chi connectivity index (χ0v) is 17.4. The molecule has 2 aromatic heterocycles. The van der Waals surface area contributed by atoms with Crippen molar-refractivity contribution in [1.82, 2.24) is 14.6 Å². The number of nitrogens with two attached hydrogens (primary N) is 1. The lowest BCUT2D eigenvalue weighted by Crippen LogP contribution is -1.98. The van der Waals surface area contributed by atoms with E-state index in [-0.39, 0.29) is 5.82 Å². The van der Waals surface area contributed by atoms with Crippen LogP contribution in [0.5, 0.6) is 5.75 Å². The van der Waals surface area contributed by atoms with Gasteiger partial charge in [0.1, 0.15) is 5.75 Å². The molecule has 0 saturated carbocycles. The van der Waals surface area contributed by atoms with Crippen molar-refractivity contribution in [3.63, 3.8) is 0 Å². The average molecular weight is 420 g/mol. The van der Waals surface area contributed by atoms with Crippen molar-refractivity contribution in [2.45, 2.75) is 0 Å². The van der Waals surface area contributed by atoms with E-state index in [1.165, 1.54) is 0 Å². The Bertz CT molecular complexity index is 1390. The highest BCUT2D eigenvalue weighted by molar-refractivity contribution is 5.81. The number of hydrogen-bond acceptors (Lipinski definition) is 6. The van der Waals surface area contributed by atoms with Gasteiger partial charge in [-0.15, -0.1) is 10.2 Å². The lowest BCUT2D eigenvalue weighted by atomic mass is 10.1. The topological polar surface area (TPSA) is 90.2 Å². The van der Waals surface area contributed by atoms with Crippen LogP contribution in [0.25, 0.3) is 28.2 Å². The molecule has 0 saturated heterocycles. The number of anilines is 1. The van der Waals surface area contributed by atoms with E-state index in [0.29, 0.717) is 11.3 Å². The van der Waals surface area contributed by atoms with E-state index in [0.717, 1.165) is 34.0 Å². The summed E-state index contributed by atoms with van der Waals surface area (Å²) in [5, 5.41) is 13.2. The summed E-state index contributed by atoms with van der Waals surface area (Å²) in [4.78, 5) is 4.85. The highest BCUT2D eigenvalue weighted by Crippen LogP contribution is 2.34. The maximum absolute atomic E-state index is 6.25. The molecule has 32 heavy (non-hydrogen) atoms. The highest BCUT2D eigenvalue weighted by atomic mass is 16.5. The first kappa shape index (κ1) is 19.4. The van der Waals surface area contributed by atoms with Gasteiger partial charge in [0.05, 0.1) is 24.2 Å². The van der Waals surface area contributed by atoms with Crippen LogP contribution in [-0.4, -0.2) is 21.7 Å². The van der Waals surface area contributed by atoms with Gasteiger partial charge in [0.15, 0.2) is 17.2 Å². The minimum atomic E-state index is 0.265. The molecule has 0 unspecified atom stereocenters. The molecule has 0 amide bonds. The third kappa shape index (κ3) is 3.67. The van der Waals surface area contributed by atoms with Crippen LogP contribution in [0.3, 0.4) is 0 Å². The molecular formula is C25H20N6O. The van der Waals surface area contributed by atoms with E-state index in [9.17, 15) is 0 Å². The van der Waals surface area contributed by atoms with Crippen molar-refractivity contribution in [3.05, 3.63) is 91.0 Å². The zero-order chi connectivity index (χ0) is 21.9. The molecule has 3 aromatic carbocycles. The van der Waals surface area contributed by atoms with E-state index in [2.05, 4.69) is 15.3 Å². The van der Waals surface area contributed by atoms with Crippen LogP contribution in [0.2, 0.25) is 0 Å². The Balaban J connectivity index is 1.72. The number of aromatic nitrogens is 3. The van der Waals surface area contributed by atoms with Crippen LogP contribution in [0, 0.1) is 0 Å². The molecule has 0 aliphatic heterocycles. The van der Waals surface area contributed by atoms with Crippen molar-refractivity contribution in [1.29, 1.82) is 0 Å². The number of azo groups is 1. The van der Waals surface area contributed by atoms with Gasteiger partial charge < -0.3 is 10.5 Å². The molecule has 5 rings (SSSR count). The lowest BCUT2D eigenvalue weighted by molar-refractivity contribution is 0.415. The number of fused-ring (bicyclic) bond motifs is 1. The molecule has 0 bridgehead atoms. The summed E-state index contributed by atoms with van der Waals surface area (Å²) in [6.45, 7) is 0. The van der Waals surface area contributed by atoms with Gasteiger partial charge in [-0.05, 0) is 42.5 Å². The summed E-state index contributed by atoms with van der Waals surface area (Å²) in [6.07, 6.45) is 0. The fourth-order valence-electron chi connectivity index (χ4n) is 3.45. The Morgan fingerprint density at radius 3 is 2.19 bits per heavy atom. The zero-order valence-electron chi connectivity index (χ0n) is 17.4. The Morgan fingerprint density at radius 1 is 0.812 bits per heavy atom. The summed E-state index contributed by atoms with van der Waals surface area (Å²) < 4.78 is 7.01. The van der Waals surface area contributed by atoms with E-state index in [4.69, 9.17) is 15.5 Å². The molecule has 2 N–H and O–H groups in total. The second-order valence-electron chi connectivity index (χ2n) is 7.13. The SMILES string of the molecule is COc1ccc(-c2cc(-c3ccccc3)n3nc(N)c(N=Nc4ccccc4)c3n2)cc1. The number of rotatable bonds is 5. The third-order valence-electron chi connectivity index (χ3n) is 5.07. The van der Waals surface area contributed by atoms with Gasteiger partial charge in [-0.3, -0.25) is 0 Å². The summed E-state index contributed by atoms with van der Waals surface area (Å²) in [5.74, 6) is 1.05. The molecule has 0 radical (unpaired) electrons. The molecule has 0 aliphatic rings. The van der Waals surface area contributed by atoms with Crippen molar-refractivity contribution >= 4 is 22.8 Å². The van der Waals surface area contributed by atoms with Crippen LogP contribution in [0.1, 0.15) is 0 Å². The van der Waals surface area contributed by atoms with E-state index >= 15 is 0 Å². The molecule has 2 heterocycles. The fourth-order valence-corrected chi connectivity index (χ4v) is 3.45. The Morgan fingerprint density at radius 2 is 1.50 bits per heavy atom. The minimum Gasteiger partial charge on any atom is -0.497 e. The van der Waals surface area contributed by atoms with Crippen LogP contribution < -0.4 is 10.5 Å². The maximum atomic E-state index is 6.25. The highest BCUT2D eigenvalue weighted by Gasteiger charge is 2.17. The summed E-state index contributed by atoms with van der Waals surface area (Å²) in [6, 6.07) is 29.2.